The Morgan fingerprint density at radius 2 is 1.82 bits per heavy atom. The van der Waals surface area contributed by atoms with Crippen LogP contribution in [-0.4, -0.2) is 12.2 Å². The van der Waals surface area contributed by atoms with Crippen LogP contribution >= 0.6 is 0 Å². The Hall–Kier alpha value is -2.76. The summed E-state index contributed by atoms with van der Waals surface area (Å²) in [5.74, 6) is -1.42. The number of hydrazone groups is 1. The molecule has 0 heterocycles. The maximum atomic E-state index is 13.4. The lowest BCUT2D eigenvalue weighted by molar-refractivity contribution is 0.252. The molecule has 2 N–H and O–H groups in total. The lowest BCUT2D eigenvalue weighted by Gasteiger charge is -2.10. The summed E-state index contributed by atoms with van der Waals surface area (Å²) in [5, 5.41) is 6.31. The predicted octanol–water partition coefficient (Wildman–Crippen LogP) is 3.74. The number of benzene rings is 2. The zero-order valence-electron chi connectivity index (χ0n) is 12.2. The second kappa shape index (κ2) is 6.80. The van der Waals surface area contributed by atoms with Crippen molar-refractivity contribution in [1.82, 2.24) is 5.43 Å². The van der Waals surface area contributed by atoms with Crippen LogP contribution in [0.3, 0.4) is 0 Å². The van der Waals surface area contributed by atoms with Gasteiger partial charge in [0.2, 0.25) is 0 Å². The van der Waals surface area contributed by atoms with Crippen molar-refractivity contribution in [3.05, 3.63) is 64.7 Å². The van der Waals surface area contributed by atoms with E-state index in [1.54, 1.807) is 0 Å². The largest absolute Gasteiger partial charge is 0.339 e. The quantitative estimate of drug-likeness (QED) is 0.658. The molecule has 0 aromatic heterocycles. The molecule has 6 heteroatoms. The van der Waals surface area contributed by atoms with Gasteiger partial charge in [-0.3, -0.25) is 0 Å². The van der Waals surface area contributed by atoms with Crippen LogP contribution in [-0.2, 0) is 0 Å². The fourth-order valence-corrected chi connectivity index (χ4v) is 1.92. The van der Waals surface area contributed by atoms with E-state index < -0.39 is 17.7 Å². The number of rotatable bonds is 3. The number of carbonyl (C=O) groups excluding carboxylic acids is 1. The van der Waals surface area contributed by atoms with Crippen LogP contribution in [0, 0.1) is 25.5 Å². The number of amides is 2. The summed E-state index contributed by atoms with van der Waals surface area (Å²) in [6.07, 6.45) is 1.11. The highest BCUT2D eigenvalue weighted by molar-refractivity contribution is 5.91. The van der Waals surface area contributed by atoms with Crippen LogP contribution in [0.5, 0.6) is 0 Å². The Morgan fingerprint density at radius 3 is 2.45 bits per heavy atom. The normalized spacial score (nSPS) is 10.7. The van der Waals surface area contributed by atoms with Crippen LogP contribution in [0.4, 0.5) is 19.3 Å². The van der Waals surface area contributed by atoms with Crippen molar-refractivity contribution < 1.29 is 13.6 Å². The molecule has 0 saturated heterocycles. The molecule has 2 aromatic carbocycles. The molecule has 0 aliphatic heterocycles. The smallest absolute Gasteiger partial charge is 0.306 e. The lowest BCUT2D eigenvalue weighted by Crippen LogP contribution is -2.25. The Balaban J connectivity index is 1.99. The number of halogens is 2. The zero-order chi connectivity index (χ0) is 16.1. The van der Waals surface area contributed by atoms with Crippen LogP contribution in [0.2, 0.25) is 0 Å². The fraction of sp³-hybridized carbons (Fsp3) is 0.125. The van der Waals surface area contributed by atoms with E-state index in [-0.39, 0.29) is 5.56 Å². The van der Waals surface area contributed by atoms with Gasteiger partial charge in [-0.2, -0.15) is 5.10 Å². The molecule has 0 spiro atoms. The molecule has 0 radical (unpaired) electrons. The average Bonchev–Trinajstić information content (AvgIpc) is 2.45. The molecule has 2 amide bonds. The molecule has 0 atom stereocenters. The zero-order valence-corrected chi connectivity index (χ0v) is 12.2. The monoisotopic (exact) mass is 303 g/mol. The molecule has 0 unspecified atom stereocenters. The van der Waals surface area contributed by atoms with Crippen molar-refractivity contribution in [2.24, 2.45) is 5.10 Å². The highest BCUT2D eigenvalue weighted by Crippen LogP contribution is 2.18. The van der Waals surface area contributed by atoms with Crippen molar-refractivity contribution in [2.75, 3.05) is 5.32 Å². The number of hydrogen-bond acceptors (Lipinski definition) is 2. The number of urea groups is 1. The molecule has 0 aliphatic carbocycles. The molecular formula is C16H15F2N3O. The number of para-hydroxylation sites is 1. The third kappa shape index (κ3) is 3.88. The SMILES string of the molecule is Cc1cccc(C)c1NC(=O)N/N=C/c1ccc(F)cc1F. The second-order valence-corrected chi connectivity index (χ2v) is 4.76. The molecule has 0 fully saturated rings. The van der Waals surface area contributed by atoms with Crippen molar-refractivity contribution in [1.29, 1.82) is 0 Å². The standard InChI is InChI=1S/C16H15F2N3O/c1-10-4-3-5-11(2)15(10)20-16(22)21-19-9-12-6-7-13(17)8-14(12)18/h3-9H,1-2H3,(H2,20,21,22)/b19-9+. The van der Waals surface area contributed by atoms with E-state index in [9.17, 15) is 13.6 Å². The van der Waals surface area contributed by atoms with Gasteiger partial charge in [0.25, 0.3) is 0 Å². The first-order valence-corrected chi connectivity index (χ1v) is 6.58. The Kier molecular flexibility index (Phi) is 4.83. The van der Waals surface area contributed by atoms with Crippen LogP contribution in [0.1, 0.15) is 16.7 Å². The topological polar surface area (TPSA) is 53.5 Å². The van der Waals surface area contributed by atoms with Crippen molar-refractivity contribution in [3.63, 3.8) is 0 Å². The van der Waals surface area contributed by atoms with Gasteiger partial charge in [-0.15, -0.1) is 0 Å². The highest BCUT2D eigenvalue weighted by atomic mass is 19.1. The van der Waals surface area contributed by atoms with Crippen molar-refractivity contribution in [3.8, 4) is 0 Å². The van der Waals surface area contributed by atoms with Crippen LogP contribution in [0.15, 0.2) is 41.5 Å². The first-order chi connectivity index (χ1) is 10.5. The van der Waals surface area contributed by atoms with Gasteiger partial charge in [0, 0.05) is 17.3 Å². The Morgan fingerprint density at radius 1 is 1.14 bits per heavy atom. The molecule has 0 bridgehead atoms. The van der Waals surface area contributed by atoms with E-state index in [0.29, 0.717) is 5.69 Å². The molecule has 0 saturated carbocycles. The summed E-state index contributed by atoms with van der Waals surface area (Å²) in [6, 6.07) is 8.19. The maximum absolute atomic E-state index is 13.4. The average molecular weight is 303 g/mol. The first kappa shape index (κ1) is 15.6. The number of hydrogen-bond donors (Lipinski definition) is 2. The second-order valence-electron chi connectivity index (χ2n) is 4.76. The summed E-state index contributed by atoms with van der Waals surface area (Å²) in [4.78, 5) is 11.8. The highest BCUT2D eigenvalue weighted by Gasteiger charge is 2.06. The van der Waals surface area contributed by atoms with E-state index in [0.717, 1.165) is 29.5 Å². The van der Waals surface area contributed by atoms with E-state index in [4.69, 9.17) is 0 Å². The number of carbonyl (C=O) groups is 1. The number of nitrogens with zero attached hydrogens (tertiary/aromatic N) is 1. The molecule has 22 heavy (non-hydrogen) atoms. The number of nitrogens with one attached hydrogen (secondary N) is 2. The van der Waals surface area contributed by atoms with Gasteiger partial charge in [0.05, 0.1) is 6.21 Å². The molecule has 4 nitrogen and oxygen atoms in total. The summed E-state index contributed by atoms with van der Waals surface area (Å²) < 4.78 is 26.1. The molecule has 114 valence electrons. The third-order valence-corrected chi connectivity index (χ3v) is 3.05. The number of aryl methyl sites for hydroxylation is 2. The van der Waals surface area contributed by atoms with E-state index >= 15 is 0 Å². The predicted molar refractivity (Wildman–Crippen MR) is 82.0 cm³/mol. The van der Waals surface area contributed by atoms with Gasteiger partial charge < -0.3 is 5.32 Å². The van der Waals surface area contributed by atoms with Gasteiger partial charge in [0.1, 0.15) is 11.6 Å². The maximum Gasteiger partial charge on any atom is 0.339 e. The summed E-state index contributed by atoms with van der Waals surface area (Å²) >= 11 is 0. The molecular weight excluding hydrogens is 288 g/mol. The molecule has 0 aliphatic rings. The van der Waals surface area contributed by atoms with Crippen LogP contribution in [0.25, 0.3) is 0 Å². The van der Waals surface area contributed by atoms with E-state index in [1.165, 1.54) is 6.07 Å². The number of anilines is 1. The molecule has 2 rings (SSSR count). The minimum absolute atomic E-state index is 0.0776. The lowest BCUT2D eigenvalue weighted by atomic mass is 10.1. The minimum atomic E-state index is -0.749. The third-order valence-electron chi connectivity index (χ3n) is 3.05. The summed E-state index contributed by atoms with van der Waals surface area (Å²) in [7, 11) is 0. The van der Waals surface area contributed by atoms with Gasteiger partial charge >= 0.3 is 6.03 Å². The van der Waals surface area contributed by atoms with E-state index in [1.807, 2.05) is 32.0 Å². The minimum Gasteiger partial charge on any atom is -0.306 e. The van der Waals surface area contributed by atoms with Crippen LogP contribution < -0.4 is 10.7 Å². The summed E-state index contributed by atoms with van der Waals surface area (Å²) in [5.41, 5.74) is 4.85. The van der Waals surface area contributed by atoms with Gasteiger partial charge in [-0.05, 0) is 37.1 Å². The van der Waals surface area contributed by atoms with Crippen molar-refractivity contribution in [2.45, 2.75) is 13.8 Å². The first-order valence-electron chi connectivity index (χ1n) is 6.58. The van der Waals surface area contributed by atoms with Gasteiger partial charge in [0.15, 0.2) is 0 Å². The fourth-order valence-electron chi connectivity index (χ4n) is 1.92. The van der Waals surface area contributed by atoms with Gasteiger partial charge in [-0.25, -0.2) is 19.0 Å². The molecule has 2 aromatic rings. The Bertz CT molecular complexity index is 709. The van der Waals surface area contributed by atoms with E-state index in [2.05, 4.69) is 15.8 Å². The van der Waals surface area contributed by atoms with Crippen molar-refractivity contribution >= 4 is 17.9 Å². The Labute approximate surface area is 126 Å². The van der Waals surface area contributed by atoms with Gasteiger partial charge in [-0.1, -0.05) is 18.2 Å². The summed E-state index contributed by atoms with van der Waals surface area (Å²) in [6.45, 7) is 3.75.